The molecule has 192 valence electrons. The van der Waals surface area contributed by atoms with Crippen LogP contribution in [0.5, 0.6) is 0 Å². The van der Waals surface area contributed by atoms with Crippen LogP contribution in [0.1, 0.15) is 20.3 Å². The van der Waals surface area contributed by atoms with E-state index in [9.17, 15) is 50.4 Å². The molecule has 2 saturated heterocycles. The van der Waals surface area contributed by atoms with Crippen LogP contribution in [0.25, 0.3) is 0 Å². The van der Waals surface area contributed by atoms with Gasteiger partial charge in [0.1, 0.15) is 42.7 Å². The van der Waals surface area contributed by atoms with Gasteiger partial charge in [-0.05, 0) is 0 Å². The average molecular weight is 501 g/mol. The van der Waals surface area contributed by atoms with E-state index in [-0.39, 0.29) is 0 Å². The third kappa shape index (κ3) is 5.94. The lowest BCUT2D eigenvalue weighted by atomic mass is 9.88. The first-order valence-electron chi connectivity index (χ1n) is 10.2. The van der Waals surface area contributed by atoms with Gasteiger partial charge in [-0.1, -0.05) is 6.92 Å². The molecule has 11 N–H and O–H groups in total. The first kappa shape index (κ1) is 28.1. The summed E-state index contributed by atoms with van der Waals surface area (Å²) in [6.07, 6.45) is -13.9. The summed E-state index contributed by atoms with van der Waals surface area (Å²) in [5, 5.41) is 80.7. The molecule has 0 unspecified atom stereocenters. The van der Waals surface area contributed by atoms with E-state index in [1.165, 1.54) is 13.8 Å². The van der Waals surface area contributed by atoms with Gasteiger partial charge in [-0.2, -0.15) is 0 Å². The molecule has 0 spiro atoms. The fourth-order valence-corrected chi connectivity index (χ4v) is 5.48. The Morgan fingerprint density at radius 1 is 1.15 bits per heavy atom. The molecule has 33 heavy (non-hydrogen) atoms. The van der Waals surface area contributed by atoms with Crippen LogP contribution < -0.4 is 11.1 Å². The summed E-state index contributed by atoms with van der Waals surface area (Å²) in [5.74, 6) is -2.09. The Labute approximate surface area is 193 Å². The van der Waals surface area contributed by atoms with Crippen molar-refractivity contribution in [2.45, 2.75) is 91.6 Å². The Morgan fingerprint density at radius 2 is 1.76 bits per heavy atom. The summed E-state index contributed by atoms with van der Waals surface area (Å²) in [7, 11) is 0. The number of nitrogens with two attached hydrogens (primary N) is 1. The highest BCUT2D eigenvalue weighted by Crippen LogP contribution is 2.44. The van der Waals surface area contributed by atoms with Crippen molar-refractivity contribution >= 4 is 23.6 Å². The molecule has 2 aliphatic heterocycles. The van der Waals surface area contributed by atoms with Crippen molar-refractivity contribution in [1.29, 1.82) is 0 Å². The number of nitrogens with one attached hydrogen (secondary N) is 1. The Balaban J connectivity index is 2.35. The zero-order valence-corrected chi connectivity index (χ0v) is 18.8. The predicted octanol–water partition coefficient (Wildman–Crippen LogP) is -4.98. The van der Waals surface area contributed by atoms with Gasteiger partial charge in [0.15, 0.2) is 6.29 Å². The van der Waals surface area contributed by atoms with Crippen molar-refractivity contribution < 1.29 is 59.9 Å². The van der Waals surface area contributed by atoms with E-state index >= 15 is 0 Å². The van der Waals surface area contributed by atoms with E-state index in [2.05, 4.69) is 5.32 Å². The van der Waals surface area contributed by atoms with Gasteiger partial charge >= 0.3 is 5.97 Å². The predicted molar refractivity (Wildman–Crippen MR) is 110 cm³/mol. The van der Waals surface area contributed by atoms with E-state index in [1.807, 2.05) is 0 Å². The molecule has 2 heterocycles. The molecule has 0 aromatic carbocycles. The van der Waals surface area contributed by atoms with Crippen LogP contribution in [0, 0.1) is 0 Å². The molecule has 12 atom stereocenters. The summed E-state index contributed by atoms with van der Waals surface area (Å²) in [5.41, 5.74) is 6.13. The lowest BCUT2D eigenvalue weighted by Crippen LogP contribution is -2.69. The van der Waals surface area contributed by atoms with Gasteiger partial charge in [0.2, 0.25) is 10.8 Å². The maximum absolute atomic E-state index is 12.3. The van der Waals surface area contributed by atoms with Gasteiger partial charge in [0.25, 0.3) is 0 Å². The summed E-state index contributed by atoms with van der Waals surface area (Å²) >= 11 is 0.598. The smallest absolute Gasteiger partial charge is 0.346 e. The first-order chi connectivity index (χ1) is 15.3. The number of amides is 1. The van der Waals surface area contributed by atoms with E-state index in [4.69, 9.17) is 15.2 Å². The van der Waals surface area contributed by atoms with Crippen molar-refractivity contribution in [3.05, 3.63) is 0 Å². The fourth-order valence-electron chi connectivity index (χ4n) is 3.96. The van der Waals surface area contributed by atoms with Gasteiger partial charge in [-0.25, -0.2) is 4.79 Å². The minimum atomic E-state index is -2.18. The highest BCUT2D eigenvalue weighted by Gasteiger charge is 2.56. The number of hydrogen-bond donors (Lipinski definition) is 10. The Kier molecular flexibility index (Phi) is 9.45. The van der Waals surface area contributed by atoms with Crippen LogP contribution in [0.4, 0.5) is 0 Å². The molecule has 2 rings (SSSR count). The van der Waals surface area contributed by atoms with Crippen LogP contribution >= 0.6 is 11.8 Å². The summed E-state index contributed by atoms with van der Waals surface area (Å²) < 4.78 is 10.9. The number of rotatable bonds is 8. The summed E-state index contributed by atoms with van der Waals surface area (Å²) in [4.78, 5) is 21.8. The SMILES string of the molecule is CC(=O)N[C@H]1[C@H]([C@H](O)[C@H](O)CO)O[C@@](S[C@H](C)[C@H]2O[C@@H](O)[C@H](O)[C@@H](O)[C@H]2O)(C(=O)O)C[C@@H]1N. The number of carboxylic acids is 1. The molecule has 14 nitrogen and oxygen atoms in total. The molecular formula is C18H32N2O12S. The van der Waals surface area contributed by atoms with Crippen LogP contribution in [-0.4, -0.2) is 131 Å². The van der Waals surface area contributed by atoms with Crippen molar-refractivity contribution in [3.63, 3.8) is 0 Å². The molecule has 0 bridgehead atoms. The molecule has 0 saturated carbocycles. The standard InChI is InChI=1S/C18H32N2O12S/c1-5(14-12(26)11(25)13(27)16(28)31-14)33-18(17(29)30)3-7(19)9(20-6(2)22)15(32-18)10(24)8(23)4-21/h5,7-16,21,23-28H,3-4,19H2,1-2H3,(H,20,22)(H,29,30)/t5-,7+,8-,9-,10-,11+,12-,13-,14-,15-,16-,18+/m1/s1. The van der Waals surface area contributed by atoms with Gasteiger partial charge in [-0.15, -0.1) is 11.8 Å². The number of carbonyl (C=O) groups excluding carboxylic acids is 1. The molecule has 2 fully saturated rings. The number of thioether (sulfide) groups is 1. The van der Waals surface area contributed by atoms with Gasteiger partial charge in [0, 0.05) is 24.6 Å². The van der Waals surface area contributed by atoms with Crippen molar-refractivity contribution in [2.24, 2.45) is 5.73 Å². The van der Waals surface area contributed by atoms with Crippen molar-refractivity contribution in [3.8, 4) is 0 Å². The van der Waals surface area contributed by atoms with E-state index in [0.29, 0.717) is 11.8 Å². The second-order valence-electron chi connectivity index (χ2n) is 8.26. The summed E-state index contributed by atoms with van der Waals surface area (Å²) in [6, 6.07) is -2.20. The van der Waals surface area contributed by atoms with E-state index in [1.54, 1.807) is 0 Å². The first-order valence-corrected chi connectivity index (χ1v) is 11.1. The van der Waals surface area contributed by atoms with Crippen LogP contribution in [-0.2, 0) is 19.1 Å². The quantitative estimate of drug-likeness (QED) is 0.150. The molecule has 2 aliphatic rings. The number of aliphatic hydroxyl groups is 7. The normalized spacial score (nSPS) is 42.2. The largest absolute Gasteiger partial charge is 0.478 e. The van der Waals surface area contributed by atoms with Gasteiger partial charge in [0.05, 0.1) is 12.6 Å². The average Bonchev–Trinajstić information content (AvgIpc) is 2.74. The molecular weight excluding hydrogens is 468 g/mol. The maximum Gasteiger partial charge on any atom is 0.346 e. The second-order valence-corrected chi connectivity index (χ2v) is 9.90. The molecule has 0 aromatic heterocycles. The monoisotopic (exact) mass is 500 g/mol. The Bertz CT molecular complexity index is 703. The van der Waals surface area contributed by atoms with Crippen molar-refractivity contribution in [2.75, 3.05) is 6.61 Å². The third-order valence-corrected chi connectivity index (χ3v) is 7.18. The molecule has 0 aromatic rings. The Hall–Kier alpha value is -1.11. The van der Waals surface area contributed by atoms with Crippen molar-refractivity contribution in [1.82, 2.24) is 5.32 Å². The topological polar surface area (TPSA) is 252 Å². The number of aliphatic carboxylic acids is 1. The third-order valence-electron chi connectivity index (χ3n) is 5.72. The van der Waals surface area contributed by atoms with Crippen LogP contribution in [0.3, 0.4) is 0 Å². The highest BCUT2D eigenvalue weighted by molar-refractivity contribution is 8.01. The number of carbonyl (C=O) groups is 2. The van der Waals surface area contributed by atoms with Crippen LogP contribution in [0.15, 0.2) is 0 Å². The fraction of sp³-hybridized carbons (Fsp3) is 0.889. The maximum atomic E-state index is 12.3. The molecule has 1 amide bonds. The second kappa shape index (κ2) is 11.1. The van der Waals surface area contributed by atoms with E-state index < -0.39 is 96.2 Å². The van der Waals surface area contributed by atoms with Gasteiger partial charge < -0.3 is 61.4 Å². The van der Waals surface area contributed by atoms with Crippen LogP contribution in [0.2, 0.25) is 0 Å². The number of hydrogen-bond acceptors (Lipinski definition) is 13. The molecule has 0 radical (unpaired) electrons. The highest BCUT2D eigenvalue weighted by atomic mass is 32.2. The molecule has 0 aliphatic carbocycles. The minimum Gasteiger partial charge on any atom is -0.478 e. The lowest BCUT2D eigenvalue weighted by Gasteiger charge is -2.49. The van der Waals surface area contributed by atoms with Gasteiger partial charge in [-0.3, -0.25) is 4.79 Å². The summed E-state index contributed by atoms with van der Waals surface area (Å²) in [6.45, 7) is 1.71. The number of ether oxygens (including phenoxy) is 2. The minimum absolute atomic E-state index is 0.392. The van der Waals surface area contributed by atoms with E-state index in [0.717, 1.165) is 0 Å². The number of carboxylic acid groups (broad SMARTS) is 1. The zero-order chi connectivity index (χ0) is 25.2. The zero-order valence-electron chi connectivity index (χ0n) is 18.0. The molecule has 15 heteroatoms. The Morgan fingerprint density at radius 3 is 2.27 bits per heavy atom. The number of aliphatic hydroxyl groups excluding tert-OH is 7. The lowest BCUT2D eigenvalue weighted by molar-refractivity contribution is -0.280.